The standard InChI is InChI=1S/C4H4N2O2/c7-3-6-4(8)1-2-5-6/h1-3,5H. The lowest BCUT2D eigenvalue weighted by Gasteiger charge is -1.78. The fraction of sp³-hybridized carbons (Fsp3) is 0. The van der Waals surface area contributed by atoms with Gasteiger partial charge < -0.3 is 0 Å². The molecule has 0 saturated carbocycles. The summed E-state index contributed by atoms with van der Waals surface area (Å²) >= 11 is 0. The number of carbonyl (C=O) groups is 1. The summed E-state index contributed by atoms with van der Waals surface area (Å²) in [4.78, 5) is 20.2. The van der Waals surface area contributed by atoms with E-state index in [4.69, 9.17) is 0 Å². The molecule has 8 heavy (non-hydrogen) atoms. The van der Waals surface area contributed by atoms with Gasteiger partial charge >= 0.3 is 0 Å². The van der Waals surface area contributed by atoms with E-state index in [9.17, 15) is 9.59 Å². The Hall–Kier alpha value is -1.32. The van der Waals surface area contributed by atoms with E-state index >= 15 is 0 Å². The number of hydrogen-bond donors (Lipinski definition) is 1. The van der Waals surface area contributed by atoms with Gasteiger partial charge in [-0.3, -0.25) is 14.7 Å². The molecule has 1 N–H and O–H groups in total. The van der Waals surface area contributed by atoms with Crippen molar-refractivity contribution in [2.45, 2.75) is 0 Å². The second kappa shape index (κ2) is 1.65. The molecule has 4 nitrogen and oxygen atoms in total. The number of nitrogens with one attached hydrogen (secondary N) is 1. The fourth-order valence-corrected chi connectivity index (χ4v) is 0.415. The van der Waals surface area contributed by atoms with Crippen LogP contribution >= 0.6 is 0 Å². The molecule has 0 saturated heterocycles. The van der Waals surface area contributed by atoms with Gasteiger partial charge in [-0.2, -0.15) is 4.68 Å². The lowest BCUT2D eigenvalue weighted by Crippen LogP contribution is -2.14. The lowest BCUT2D eigenvalue weighted by molar-refractivity contribution is 0.538. The summed E-state index contributed by atoms with van der Waals surface area (Å²) in [6, 6.07) is 1.27. The quantitative estimate of drug-likeness (QED) is 0.484. The van der Waals surface area contributed by atoms with Gasteiger partial charge in [0.05, 0.1) is 0 Å². The third kappa shape index (κ3) is 0.556. The van der Waals surface area contributed by atoms with Crippen LogP contribution in [0, 0.1) is 0 Å². The van der Waals surface area contributed by atoms with Gasteiger partial charge in [0.1, 0.15) is 0 Å². The molecule has 1 heterocycles. The molecule has 1 rings (SSSR count). The van der Waals surface area contributed by atoms with Crippen LogP contribution in [0.15, 0.2) is 17.1 Å². The molecular weight excluding hydrogens is 108 g/mol. The zero-order chi connectivity index (χ0) is 5.98. The average molecular weight is 112 g/mol. The Balaban J connectivity index is 3.30. The van der Waals surface area contributed by atoms with Gasteiger partial charge in [0.2, 0.25) is 6.41 Å². The summed E-state index contributed by atoms with van der Waals surface area (Å²) in [6.45, 7) is 0. The molecule has 0 radical (unpaired) electrons. The van der Waals surface area contributed by atoms with Crippen LogP contribution in [0.4, 0.5) is 0 Å². The number of nitrogens with zero attached hydrogens (tertiary/aromatic N) is 1. The van der Waals surface area contributed by atoms with Crippen LogP contribution in [0.25, 0.3) is 0 Å². The van der Waals surface area contributed by atoms with Crippen molar-refractivity contribution in [3.8, 4) is 0 Å². The predicted octanol–water partition coefficient (Wildman–Crippen LogP) is -0.785. The minimum atomic E-state index is -0.333. The number of rotatable bonds is 1. The zero-order valence-electron chi connectivity index (χ0n) is 4.00. The molecule has 4 heteroatoms. The van der Waals surface area contributed by atoms with Crippen molar-refractivity contribution < 1.29 is 4.79 Å². The molecule has 0 unspecified atom stereocenters. The van der Waals surface area contributed by atoms with Gasteiger partial charge in [0.25, 0.3) is 5.56 Å². The van der Waals surface area contributed by atoms with Crippen LogP contribution in [-0.4, -0.2) is 16.2 Å². The van der Waals surface area contributed by atoms with Crippen molar-refractivity contribution in [1.29, 1.82) is 0 Å². The van der Waals surface area contributed by atoms with E-state index in [1.807, 2.05) is 0 Å². The molecule has 1 aromatic rings. The Morgan fingerprint density at radius 2 is 2.50 bits per heavy atom. The van der Waals surface area contributed by atoms with Crippen molar-refractivity contribution in [3.63, 3.8) is 0 Å². The van der Waals surface area contributed by atoms with Crippen LogP contribution < -0.4 is 5.56 Å². The summed E-state index contributed by atoms with van der Waals surface area (Å²) in [6.07, 6.45) is 1.82. The van der Waals surface area contributed by atoms with E-state index in [2.05, 4.69) is 5.10 Å². The molecule has 1 aromatic heterocycles. The van der Waals surface area contributed by atoms with Crippen molar-refractivity contribution in [3.05, 3.63) is 22.6 Å². The average Bonchev–Trinajstić information content (AvgIpc) is 2.14. The van der Waals surface area contributed by atoms with Gasteiger partial charge in [0.15, 0.2) is 0 Å². The first-order chi connectivity index (χ1) is 3.84. The smallest absolute Gasteiger partial charge is 0.273 e. The monoisotopic (exact) mass is 112 g/mol. The van der Waals surface area contributed by atoms with Crippen LogP contribution in [0.3, 0.4) is 0 Å². The van der Waals surface area contributed by atoms with E-state index in [1.54, 1.807) is 0 Å². The molecule has 0 spiro atoms. The third-order valence-electron chi connectivity index (χ3n) is 0.782. The van der Waals surface area contributed by atoms with E-state index in [1.165, 1.54) is 12.3 Å². The highest BCUT2D eigenvalue weighted by molar-refractivity contribution is 5.49. The number of aromatic nitrogens is 2. The van der Waals surface area contributed by atoms with Crippen LogP contribution in [0.1, 0.15) is 0 Å². The Labute approximate surface area is 44.7 Å². The van der Waals surface area contributed by atoms with Gasteiger partial charge in [-0.05, 0) is 0 Å². The highest BCUT2D eigenvalue weighted by Crippen LogP contribution is 1.63. The summed E-state index contributed by atoms with van der Waals surface area (Å²) in [5.41, 5.74) is -0.333. The predicted molar refractivity (Wildman–Crippen MR) is 27.2 cm³/mol. The topological polar surface area (TPSA) is 54.9 Å². The molecule has 0 aromatic carbocycles. The summed E-state index contributed by atoms with van der Waals surface area (Å²) in [5, 5.41) is 2.39. The van der Waals surface area contributed by atoms with Crippen LogP contribution in [0.5, 0.6) is 0 Å². The van der Waals surface area contributed by atoms with Gasteiger partial charge in [-0.15, -0.1) is 0 Å². The summed E-state index contributed by atoms with van der Waals surface area (Å²) in [7, 11) is 0. The van der Waals surface area contributed by atoms with Crippen molar-refractivity contribution >= 4 is 6.41 Å². The molecule has 0 aliphatic heterocycles. The lowest BCUT2D eigenvalue weighted by atomic mass is 10.7. The molecule has 0 amide bonds. The third-order valence-corrected chi connectivity index (χ3v) is 0.782. The minimum Gasteiger partial charge on any atom is -0.296 e. The molecule has 0 bridgehead atoms. The molecule has 42 valence electrons. The fourth-order valence-electron chi connectivity index (χ4n) is 0.415. The first kappa shape index (κ1) is 4.83. The van der Waals surface area contributed by atoms with Crippen molar-refractivity contribution in [1.82, 2.24) is 9.78 Å². The minimum absolute atomic E-state index is 0.333. The Bertz CT molecular complexity index is 234. The van der Waals surface area contributed by atoms with E-state index in [0.29, 0.717) is 6.41 Å². The largest absolute Gasteiger partial charge is 0.296 e. The molecular formula is C4H4N2O2. The first-order valence-corrected chi connectivity index (χ1v) is 2.06. The Morgan fingerprint density at radius 1 is 1.75 bits per heavy atom. The van der Waals surface area contributed by atoms with E-state index in [0.717, 1.165) is 4.68 Å². The normalized spacial score (nSPS) is 9.00. The highest BCUT2D eigenvalue weighted by Gasteiger charge is 1.87. The van der Waals surface area contributed by atoms with Crippen molar-refractivity contribution in [2.24, 2.45) is 0 Å². The van der Waals surface area contributed by atoms with Gasteiger partial charge in [0, 0.05) is 12.3 Å². The van der Waals surface area contributed by atoms with Gasteiger partial charge in [-0.25, -0.2) is 0 Å². The highest BCUT2D eigenvalue weighted by atomic mass is 16.2. The Kier molecular flexibility index (Phi) is 0.997. The zero-order valence-corrected chi connectivity index (χ0v) is 4.00. The van der Waals surface area contributed by atoms with E-state index in [-0.39, 0.29) is 5.56 Å². The maximum Gasteiger partial charge on any atom is 0.273 e. The number of hydrogen-bond acceptors (Lipinski definition) is 2. The Morgan fingerprint density at radius 3 is 2.75 bits per heavy atom. The van der Waals surface area contributed by atoms with Crippen LogP contribution in [0.2, 0.25) is 0 Å². The first-order valence-electron chi connectivity index (χ1n) is 2.06. The maximum atomic E-state index is 10.4. The second-order valence-corrected chi connectivity index (χ2v) is 1.28. The molecule has 0 aliphatic rings. The SMILES string of the molecule is O=Cn1[nH]ccc1=O. The molecule has 0 aliphatic carbocycles. The number of H-pyrrole nitrogens is 1. The van der Waals surface area contributed by atoms with Crippen LogP contribution in [-0.2, 0) is 4.79 Å². The summed E-state index contributed by atoms with van der Waals surface area (Å²) in [5.74, 6) is 0. The number of carbonyl (C=O) groups excluding carboxylic acids is 1. The van der Waals surface area contributed by atoms with E-state index < -0.39 is 0 Å². The summed E-state index contributed by atoms with van der Waals surface area (Å²) < 4.78 is 0.847. The number of aromatic amines is 1. The maximum absolute atomic E-state index is 10.4. The second-order valence-electron chi connectivity index (χ2n) is 1.28. The van der Waals surface area contributed by atoms with Gasteiger partial charge in [-0.1, -0.05) is 0 Å². The molecule has 0 fully saturated rings. The van der Waals surface area contributed by atoms with Crippen molar-refractivity contribution in [2.75, 3.05) is 0 Å². The molecule has 0 atom stereocenters.